The highest BCUT2D eigenvalue weighted by atomic mass is 19.2. The second kappa shape index (κ2) is 4.92. The Balaban J connectivity index is 2.31. The van der Waals surface area contributed by atoms with E-state index in [0.29, 0.717) is 16.8 Å². The minimum Gasteiger partial charge on any atom is -0.310 e. The average molecular weight is 291 g/mol. The summed E-state index contributed by atoms with van der Waals surface area (Å²) in [6, 6.07) is 5.34. The van der Waals surface area contributed by atoms with E-state index in [-0.39, 0.29) is 17.7 Å². The van der Waals surface area contributed by atoms with Crippen molar-refractivity contribution in [3.63, 3.8) is 0 Å². The lowest BCUT2D eigenvalue weighted by Gasteiger charge is -2.28. The van der Waals surface area contributed by atoms with E-state index in [1.165, 1.54) is 6.20 Å². The molecule has 3 atom stereocenters. The molecule has 3 nitrogen and oxygen atoms in total. The Hall–Kier alpha value is -2.29. The van der Waals surface area contributed by atoms with E-state index in [1.807, 2.05) is 6.07 Å². The number of hydrogen-bond donors (Lipinski definition) is 0. The molecule has 3 unspecified atom stereocenters. The first-order valence-electron chi connectivity index (χ1n) is 6.52. The highest BCUT2D eigenvalue weighted by Gasteiger charge is 2.41. The summed E-state index contributed by atoms with van der Waals surface area (Å²) in [7, 11) is 0. The van der Waals surface area contributed by atoms with Crippen LogP contribution >= 0.6 is 0 Å². The first-order chi connectivity index (χ1) is 10.1. The highest BCUT2D eigenvalue weighted by molar-refractivity contribution is 5.69. The summed E-state index contributed by atoms with van der Waals surface area (Å²) in [5.74, 6) is 0. The van der Waals surface area contributed by atoms with Gasteiger partial charge in [0.2, 0.25) is 6.30 Å². The van der Waals surface area contributed by atoms with Gasteiger partial charge in [-0.3, -0.25) is 4.98 Å². The largest absolute Gasteiger partial charge is 0.310 e. The van der Waals surface area contributed by atoms with Crippen LogP contribution in [0, 0.1) is 18.3 Å². The zero-order chi connectivity index (χ0) is 15.1. The molecule has 2 aromatic heterocycles. The number of hydrogen-bond acceptors (Lipinski definition) is 2. The van der Waals surface area contributed by atoms with E-state index < -0.39 is 18.6 Å². The molecule has 3 heterocycles. The Morgan fingerprint density at radius 3 is 2.76 bits per heavy atom. The van der Waals surface area contributed by atoms with Crippen LogP contribution in [0.1, 0.15) is 23.1 Å². The molecule has 3 rings (SSSR count). The zero-order valence-electron chi connectivity index (χ0n) is 11.2. The zero-order valence-corrected chi connectivity index (χ0v) is 11.2. The van der Waals surface area contributed by atoms with E-state index in [2.05, 4.69) is 4.98 Å². The smallest absolute Gasteiger partial charge is 0.210 e. The van der Waals surface area contributed by atoms with Crippen LogP contribution in [-0.4, -0.2) is 21.9 Å². The van der Waals surface area contributed by atoms with Gasteiger partial charge in [0.25, 0.3) is 0 Å². The van der Waals surface area contributed by atoms with E-state index in [9.17, 15) is 18.4 Å². The van der Waals surface area contributed by atoms with E-state index >= 15 is 0 Å². The molecule has 0 N–H and O–H groups in total. The third-order valence-corrected chi connectivity index (χ3v) is 3.84. The van der Waals surface area contributed by atoms with Gasteiger partial charge in [-0.1, -0.05) is 0 Å². The number of nitriles is 1. The molecule has 1 aliphatic heterocycles. The molecule has 0 spiro atoms. The fourth-order valence-electron chi connectivity index (χ4n) is 2.86. The van der Waals surface area contributed by atoms with Crippen LogP contribution in [0.2, 0.25) is 0 Å². The standard InChI is InChI=1S/C15H12F3N3/c1-8-10(6-19)12-5-11(16)13(17)15(18)21(12)14(8)9-3-2-4-20-7-9/h2-4,7,11,13,15H,5H2,1H3. The minimum absolute atomic E-state index is 0.211. The summed E-state index contributed by atoms with van der Waals surface area (Å²) in [5, 5.41) is 9.26. The van der Waals surface area contributed by atoms with Crippen molar-refractivity contribution in [3.8, 4) is 17.3 Å². The Kier molecular flexibility index (Phi) is 3.20. The van der Waals surface area contributed by atoms with Gasteiger partial charge in [-0.25, -0.2) is 13.2 Å². The van der Waals surface area contributed by atoms with Crippen LogP contribution in [-0.2, 0) is 6.42 Å². The second-order valence-corrected chi connectivity index (χ2v) is 5.06. The lowest BCUT2D eigenvalue weighted by molar-refractivity contribution is 0.0226. The molecule has 0 radical (unpaired) electrons. The summed E-state index contributed by atoms with van der Waals surface area (Å²) >= 11 is 0. The number of halogens is 3. The second-order valence-electron chi connectivity index (χ2n) is 5.06. The van der Waals surface area contributed by atoms with Gasteiger partial charge in [0, 0.05) is 30.1 Å². The van der Waals surface area contributed by atoms with Gasteiger partial charge in [0.15, 0.2) is 6.17 Å². The third-order valence-electron chi connectivity index (χ3n) is 3.84. The Bertz CT molecular complexity index is 718. The third kappa shape index (κ3) is 1.92. The van der Waals surface area contributed by atoms with Crippen LogP contribution < -0.4 is 0 Å². The quantitative estimate of drug-likeness (QED) is 0.807. The van der Waals surface area contributed by atoms with Gasteiger partial charge < -0.3 is 4.57 Å². The average Bonchev–Trinajstić information content (AvgIpc) is 2.77. The molecule has 1 aliphatic rings. The van der Waals surface area contributed by atoms with E-state index in [1.54, 1.807) is 25.3 Å². The molecule has 21 heavy (non-hydrogen) atoms. The van der Waals surface area contributed by atoms with Crippen molar-refractivity contribution in [2.75, 3.05) is 0 Å². The van der Waals surface area contributed by atoms with Crippen molar-refractivity contribution in [2.24, 2.45) is 0 Å². The van der Waals surface area contributed by atoms with Gasteiger partial charge in [-0.2, -0.15) is 5.26 Å². The van der Waals surface area contributed by atoms with Crippen molar-refractivity contribution < 1.29 is 13.2 Å². The normalized spacial score (nSPS) is 24.4. The predicted octanol–water partition coefficient (Wildman–Crippen LogP) is 3.43. The molecule has 0 saturated carbocycles. The number of fused-ring (bicyclic) bond motifs is 1. The van der Waals surface area contributed by atoms with Crippen LogP contribution in [0.5, 0.6) is 0 Å². The van der Waals surface area contributed by atoms with Crippen molar-refractivity contribution in [1.29, 1.82) is 5.26 Å². The van der Waals surface area contributed by atoms with Crippen molar-refractivity contribution >= 4 is 0 Å². The molecule has 0 bridgehead atoms. The Labute approximate surface area is 119 Å². The van der Waals surface area contributed by atoms with Crippen LogP contribution in [0.15, 0.2) is 24.5 Å². The summed E-state index contributed by atoms with van der Waals surface area (Å²) in [4.78, 5) is 3.96. The topological polar surface area (TPSA) is 41.6 Å². The maximum atomic E-state index is 14.3. The molecule has 0 amide bonds. The van der Waals surface area contributed by atoms with Crippen molar-refractivity contribution in [3.05, 3.63) is 41.3 Å². The fraction of sp³-hybridized carbons (Fsp3) is 0.333. The van der Waals surface area contributed by atoms with Gasteiger partial charge in [-0.15, -0.1) is 0 Å². The minimum atomic E-state index is -2.23. The Morgan fingerprint density at radius 2 is 2.14 bits per heavy atom. The summed E-state index contributed by atoms with van der Waals surface area (Å²) in [6.45, 7) is 1.65. The van der Waals surface area contributed by atoms with Crippen LogP contribution in [0.25, 0.3) is 11.3 Å². The molecular formula is C15H12F3N3. The number of aromatic nitrogens is 2. The van der Waals surface area contributed by atoms with Crippen LogP contribution in [0.4, 0.5) is 13.2 Å². The first-order valence-corrected chi connectivity index (χ1v) is 6.52. The molecule has 6 heteroatoms. The summed E-state index contributed by atoms with van der Waals surface area (Å²) < 4.78 is 42.8. The summed E-state index contributed by atoms with van der Waals surface area (Å²) in [6.07, 6.45) is -3.53. The lowest BCUT2D eigenvalue weighted by atomic mass is 10.0. The Morgan fingerprint density at radius 1 is 1.38 bits per heavy atom. The fourth-order valence-corrected chi connectivity index (χ4v) is 2.86. The van der Waals surface area contributed by atoms with E-state index in [0.717, 1.165) is 4.57 Å². The molecule has 108 valence electrons. The molecule has 0 aliphatic carbocycles. The maximum Gasteiger partial charge on any atom is 0.210 e. The molecular weight excluding hydrogens is 279 g/mol. The lowest BCUT2D eigenvalue weighted by Crippen LogP contribution is -2.35. The summed E-state index contributed by atoms with van der Waals surface area (Å²) in [5.41, 5.74) is 1.90. The molecule has 2 aromatic rings. The maximum absolute atomic E-state index is 14.3. The van der Waals surface area contributed by atoms with Crippen molar-refractivity contribution in [2.45, 2.75) is 32.0 Å². The highest BCUT2D eigenvalue weighted by Crippen LogP contribution is 2.40. The monoisotopic (exact) mass is 291 g/mol. The van der Waals surface area contributed by atoms with Gasteiger partial charge in [-0.05, 0) is 24.6 Å². The number of nitrogens with zero attached hydrogens (tertiary/aromatic N) is 3. The molecule has 0 saturated heterocycles. The van der Waals surface area contributed by atoms with Crippen molar-refractivity contribution in [1.82, 2.24) is 9.55 Å². The molecule has 0 aromatic carbocycles. The van der Waals surface area contributed by atoms with Gasteiger partial charge >= 0.3 is 0 Å². The molecule has 0 fully saturated rings. The first kappa shape index (κ1) is 13.7. The van der Waals surface area contributed by atoms with Gasteiger partial charge in [0.05, 0.1) is 11.3 Å². The SMILES string of the molecule is Cc1c(C#N)c2n(c1-c1cccnc1)C(F)C(F)C(F)C2. The van der Waals surface area contributed by atoms with Crippen LogP contribution in [0.3, 0.4) is 0 Å². The predicted molar refractivity (Wildman–Crippen MR) is 70.8 cm³/mol. The number of alkyl halides is 3. The van der Waals surface area contributed by atoms with Gasteiger partial charge in [0.1, 0.15) is 12.2 Å². The van der Waals surface area contributed by atoms with E-state index in [4.69, 9.17) is 0 Å². The number of rotatable bonds is 1. The number of pyridine rings is 1.